The Bertz CT molecular complexity index is 988. The minimum absolute atomic E-state index is 0.0577. The zero-order chi connectivity index (χ0) is 25.3. The Balaban J connectivity index is 1.54. The summed E-state index contributed by atoms with van der Waals surface area (Å²) in [5.74, 6) is 1.46. The van der Waals surface area contributed by atoms with E-state index in [1.54, 1.807) is 0 Å². The number of aliphatic hydroxyl groups is 1. The topological polar surface area (TPSA) is 65.5 Å². The Kier molecular flexibility index (Phi) is 9.75. The van der Waals surface area contributed by atoms with E-state index in [4.69, 9.17) is 9.47 Å². The molecule has 1 fully saturated rings. The SMILES string of the molecule is CC(C)CN1CCOCCOc2ccc(C(=O)N3CCN(CCO)CC3)cc2Cc2cccc(c2)C1. The Morgan fingerprint density at radius 2 is 1.75 bits per heavy atom. The molecule has 2 heterocycles. The number of ether oxygens (including phenoxy) is 2. The maximum absolute atomic E-state index is 13.3. The largest absolute Gasteiger partial charge is 0.491 e. The summed E-state index contributed by atoms with van der Waals surface area (Å²) >= 11 is 0. The first kappa shape index (κ1) is 26.6. The molecule has 0 saturated carbocycles. The molecule has 2 aromatic rings. The summed E-state index contributed by atoms with van der Waals surface area (Å²) < 4.78 is 12.0. The average molecular weight is 496 g/mol. The number of amides is 1. The summed E-state index contributed by atoms with van der Waals surface area (Å²) in [4.78, 5) is 19.9. The molecule has 7 nitrogen and oxygen atoms in total. The number of hydrogen-bond acceptors (Lipinski definition) is 6. The maximum Gasteiger partial charge on any atom is 0.253 e. The van der Waals surface area contributed by atoms with Crippen molar-refractivity contribution >= 4 is 5.91 Å². The van der Waals surface area contributed by atoms with Gasteiger partial charge >= 0.3 is 0 Å². The number of piperazine rings is 1. The number of carbonyl (C=O) groups is 1. The molecule has 0 aromatic heterocycles. The number of fused-ring (bicyclic) bond motifs is 3. The molecule has 1 N–H and O–H groups in total. The molecule has 196 valence electrons. The Labute approximate surface area is 215 Å². The van der Waals surface area contributed by atoms with Gasteiger partial charge in [-0.1, -0.05) is 38.1 Å². The van der Waals surface area contributed by atoms with E-state index >= 15 is 0 Å². The first-order valence-corrected chi connectivity index (χ1v) is 13.3. The molecular weight excluding hydrogens is 454 g/mol. The van der Waals surface area contributed by atoms with Crippen LogP contribution in [0.5, 0.6) is 5.75 Å². The Morgan fingerprint density at radius 1 is 0.944 bits per heavy atom. The molecule has 0 spiro atoms. The van der Waals surface area contributed by atoms with Crippen molar-refractivity contribution in [2.75, 3.05) is 72.2 Å². The lowest BCUT2D eigenvalue weighted by Gasteiger charge is -2.34. The number of β-amino-alcohol motifs (C(OH)–C–C–N with tert-alkyl or cyclic N) is 1. The third-order valence-electron chi connectivity index (χ3n) is 6.84. The molecule has 2 bridgehead atoms. The third kappa shape index (κ3) is 7.53. The van der Waals surface area contributed by atoms with E-state index in [9.17, 15) is 9.90 Å². The predicted octanol–water partition coefficient (Wildman–Crippen LogP) is 2.89. The van der Waals surface area contributed by atoms with Crippen molar-refractivity contribution in [3.05, 3.63) is 64.7 Å². The van der Waals surface area contributed by atoms with Crippen LogP contribution in [-0.4, -0.2) is 98.0 Å². The zero-order valence-corrected chi connectivity index (χ0v) is 21.8. The van der Waals surface area contributed by atoms with Crippen molar-refractivity contribution in [3.63, 3.8) is 0 Å². The molecule has 36 heavy (non-hydrogen) atoms. The molecule has 7 heteroatoms. The summed E-state index contributed by atoms with van der Waals surface area (Å²) in [7, 11) is 0. The van der Waals surface area contributed by atoms with Crippen LogP contribution in [0, 0.1) is 5.92 Å². The third-order valence-corrected chi connectivity index (χ3v) is 6.84. The zero-order valence-electron chi connectivity index (χ0n) is 21.8. The van der Waals surface area contributed by atoms with Gasteiger partial charge in [0.1, 0.15) is 12.4 Å². The van der Waals surface area contributed by atoms with Crippen LogP contribution in [0.25, 0.3) is 0 Å². The van der Waals surface area contributed by atoms with Gasteiger partial charge in [-0.05, 0) is 40.8 Å². The monoisotopic (exact) mass is 495 g/mol. The van der Waals surface area contributed by atoms with Gasteiger partial charge < -0.3 is 19.5 Å². The number of carbonyl (C=O) groups excluding carboxylic acids is 1. The van der Waals surface area contributed by atoms with Crippen molar-refractivity contribution in [1.29, 1.82) is 0 Å². The van der Waals surface area contributed by atoms with Crippen molar-refractivity contribution < 1.29 is 19.4 Å². The summed E-state index contributed by atoms with van der Waals surface area (Å²) in [6.45, 7) is 12.8. The Hall–Kier alpha value is -2.45. The number of aliphatic hydroxyl groups excluding tert-OH is 1. The van der Waals surface area contributed by atoms with Gasteiger partial charge in [-0.2, -0.15) is 0 Å². The van der Waals surface area contributed by atoms with Crippen molar-refractivity contribution in [2.45, 2.75) is 26.8 Å². The lowest BCUT2D eigenvalue weighted by molar-refractivity contribution is 0.0614. The standard InChI is InChI=1S/C29H41N3O4/c1-23(2)21-31-13-15-35-16-17-36-28-7-6-26(29(34)32-10-8-30(9-11-32)12-14-33)20-27(28)19-24-4-3-5-25(18-24)22-31/h3-7,18,20,23,33H,8-17,19,21-22H2,1-2H3. The van der Waals surface area contributed by atoms with E-state index < -0.39 is 0 Å². The van der Waals surface area contributed by atoms with Crippen LogP contribution >= 0.6 is 0 Å². The molecule has 0 aliphatic carbocycles. The second-order valence-corrected chi connectivity index (χ2v) is 10.3. The van der Waals surface area contributed by atoms with Crippen LogP contribution in [0.2, 0.25) is 0 Å². The minimum atomic E-state index is 0.0577. The fraction of sp³-hybridized carbons (Fsp3) is 0.552. The molecule has 0 atom stereocenters. The quantitative estimate of drug-likeness (QED) is 0.688. The van der Waals surface area contributed by atoms with Crippen LogP contribution in [-0.2, 0) is 17.7 Å². The highest BCUT2D eigenvalue weighted by atomic mass is 16.5. The van der Waals surface area contributed by atoms with Gasteiger partial charge in [-0.25, -0.2) is 0 Å². The number of hydrogen-bond donors (Lipinski definition) is 1. The summed E-state index contributed by atoms with van der Waals surface area (Å²) in [5.41, 5.74) is 4.23. The molecule has 1 saturated heterocycles. The van der Waals surface area contributed by atoms with Crippen molar-refractivity contribution in [3.8, 4) is 5.75 Å². The van der Waals surface area contributed by atoms with E-state index in [-0.39, 0.29) is 12.5 Å². The van der Waals surface area contributed by atoms with E-state index in [2.05, 4.69) is 47.9 Å². The lowest BCUT2D eigenvalue weighted by Crippen LogP contribution is -2.49. The number of rotatable bonds is 5. The summed E-state index contributed by atoms with van der Waals surface area (Å²) in [5, 5.41) is 9.18. The molecule has 0 unspecified atom stereocenters. The fourth-order valence-corrected chi connectivity index (χ4v) is 5.06. The molecule has 0 radical (unpaired) electrons. The highest BCUT2D eigenvalue weighted by Crippen LogP contribution is 2.25. The van der Waals surface area contributed by atoms with Gasteiger partial charge in [0, 0.05) is 64.3 Å². The normalized spacial score (nSPS) is 18.4. The Morgan fingerprint density at radius 3 is 2.53 bits per heavy atom. The fourth-order valence-electron chi connectivity index (χ4n) is 5.06. The molecule has 1 amide bonds. The average Bonchev–Trinajstić information content (AvgIpc) is 2.86. The van der Waals surface area contributed by atoms with Crippen LogP contribution in [0.15, 0.2) is 42.5 Å². The first-order valence-electron chi connectivity index (χ1n) is 13.3. The smallest absolute Gasteiger partial charge is 0.253 e. The molecule has 2 aromatic carbocycles. The first-order chi connectivity index (χ1) is 17.5. The van der Waals surface area contributed by atoms with E-state index in [0.29, 0.717) is 57.4 Å². The second-order valence-electron chi connectivity index (χ2n) is 10.3. The van der Waals surface area contributed by atoms with Gasteiger partial charge in [0.05, 0.1) is 19.8 Å². The predicted molar refractivity (Wildman–Crippen MR) is 142 cm³/mol. The minimum Gasteiger partial charge on any atom is -0.491 e. The number of benzene rings is 2. The van der Waals surface area contributed by atoms with Gasteiger partial charge in [0.2, 0.25) is 0 Å². The molecule has 2 aliphatic rings. The van der Waals surface area contributed by atoms with E-state index in [1.807, 2.05) is 23.1 Å². The van der Waals surface area contributed by atoms with Gasteiger partial charge in [0.15, 0.2) is 0 Å². The van der Waals surface area contributed by atoms with Gasteiger partial charge in [0.25, 0.3) is 5.91 Å². The molecule has 2 aliphatic heterocycles. The summed E-state index contributed by atoms with van der Waals surface area (Å²) in [6, 6.07) is 14.6. The maximum atomic E-state index is 13.3. The van der Waals surface area contributed by atoms with E-state index in [0.717, 1.165) is 44.0 Å². The van der Waals surface area contributed by atoms with Crippen molar-refractivity contribution in [1.82, 2.24) is 14.7 Å². The van der Waals surface area contributed by atoms with Crippen LogP contribution in [0.3, 0.4) is 0 Å². The van der Waals surface area contributed by atoms with Crippen LogP contribution in [0.4, 0.5) is 0 Å². The highest BCUT2D eigenvalue weighted by molar-refractivity contribution is 5.94. The number of nitrogens with zero attached hydrogens (tertiary/aromatic N) is 3. The second kappa shape index (κ2) is 13.2. The molecule has 4 rings (SSSR count). The van der Waals surface area contributed by atoms with Crippen LogP contribution in [0.1, 0.15) is 40.9 Å². The van der Waals surface area contributed by atoms with E-state index in [1.165, 1.54) is 11.1 Å². The highest BCUT2D eigenvalue weighted by Gasteiger charge is 2.23. The van der Waals surface area contributed by atoms with Gasteiger partial charge in [-0.3, -0.25) is 14.6 Å². The van der Waals surface area contributed by atoms with Crippen LogP contribution < -0.4 is 4.74 Å². The molecular formula is C29H41N3O4. The summed E-state index contributed by atoms with van der Waals surface area (Å²) in [6.07, 6.45) is 0.708. The van der Waals surface area contributed by atoms with Crippen molar-refractivity contribution in [2.24, 2.45) is 5.92 Å². The van der Waals surface area contributed by atoms with Gasteiger partial charge in [-0.15, -0.1) is 0 Å². The lowest BCUT2D eigenvalue weighted by atomic mass is 9.99.